The molecule has 2 heterocycles. The first-order valence-corrected chi connectivity index (χ1v) is 9.59. The summed E-state index contributed by atoms with van der Waals surface area (Å²) in [5.74, 6) is 0.00760. The molecule has 0 N–H and O–H groups in total. The smallest absolute Gasteiger partial charge is 0.227 e. The molecule has 0 bridgehead atoms. The summed E-state index contributed by atoms with van der Waals surface area (Å²) in [5.41, 5.74) is 0. The second-order valence-corrected chi connectivity index (χ2v) is 8.62. The molecule has 0 aliphatic carbocycles. The predicted octanol–water partition coefficient (Wildman–Crippen LogP) is 2.37. The minimum absolute atomic E-state index is 0.00760. The Labute approximate surface area is 134 Å². The molecule has 1 fully saturated rings. The van der Waals surface area contributed by atoms with Crippen LogP contribution in [0.3, 0.4) is 0 Å². The zero-order valence-electron chi connectivity index (χ0n) is 12.0. The van der Waals surface area contributed by atoms with Crippen LogP contribution >= 0.6 is 11.3 Å². The minimum atomic E-state index is -3.36. The van der Waals surface area contributed by atoms with Gasteiger partial charge in [-0.2, -0.15) is 0 Å². The lowest BCUT2D eigenvalue weighted by Crippen LogP contribution is -2.32. The van der Waals surface area contributed by atoms with E-state index in [2.05, 4.69) is 0 Å². The van der Waals surface area contributed by atoms with E-state index in [4.69, 9.17) is 0 Å². The largest absolute Gasteiger partial charge is 0.341 e. The first-order valence-electron chi connectivity index (χ1n) is 7.16. The van der Waals surface area contributed by atoms with Crippen molar-refractivity contribution in [2.24, 2.45) is 0 Å². The van der Waals surface area contributed by atoms with Gasteiger partial charge in [-0.25, -0.2) is 8.42 Å². The number of amides is 1. The number of nitrogens with zero attached hydrogens (tertiary/aromatic N) is 1. The predicted molar refractivity (Wildman–Crippen MR) is 86.6 cm³/mol. The molecule has 0 unspecified atom stereocenters. The third kappa shape index (κ3) is 3.08. The van der Waals surface area contributed by atoms with E-state index in [0.29, 0.717) is 30.8 Å². The van der Waals surface area contributed by atoms with Crippen LogP contribution in [0.15, 0.2) is 52.7 Å². The molecule has 0 radical (unpaired) electrons. The summed E-state index contributed by atoms with van der Waals surface area (Å²) < 4.78 is 25.2. The fourth-order valence-corrected chi connectivity index (χ4v) is 5.09. The van der Waals surface area contributed by atoms with Crippen molar-refractivity contribution < 1.29 is 13.2 Å². The van der Waals surface area contributed by atoms with Gasteiger partial charge in [-0.05, 0) is 30.0 Å². The van der Waals surface area contributed by atoms with Crippen LogP contribution in [0.5, 0.6) is 0 Å². The van der Waals surface area contributed by atoms with Gasteiger partial charge in [-0.1, -0.05) is 24.3 Å². The highest BCUT2D eigenvalue weighted by Crippen LogP contribution is 2.24. The molecule has 116 valence electrons. The van der Waals surface area contributed by atoms with Gasteiger partial charge in [0.05, 0.1) is 16.6 Å². The van der Waals surface area contributed by atoms with Gasteiger partial charge in [0.2, 0.25) is 5.91 Å². The van der Waals surface area contributed by atoms with Crippen molar-refractivity contribution in [3.63, 3.8) is 0 Å². The van der Waals surface area contributed by atoms with Crippen molar-refractivity contribution in [1.82, 2.24) is 4.90 Å². The van der Waals surface area contributed by atoms with Gasteiger partial charge < -0.3 is 4.90 Å². The molecule has 22 heavy (non-hydrogen) atoms. The summed E-state index contributed by atoms with van der Waals surface area (Å²) in [7, 11) is -3.36. The maximum atomic E-state index is 12.6. The Morgan fingerprint density at radius 3 is 2.64 bits per heavy atom. The lowest BCUT2D eigenvalue weighted by molar-refractivity contribution is -0.129. The minimum Gasteiger partial charge on any atom is -0.341 e. The van der Waals surface area contributed by atoms with Gasteiger partial charge in [-0.15, -0.1) is 11.3 Å². The van der Waals surface area contributed by atoms with Crippen LogP contribution in [0.2, 0.25) is 0 Å². The van der Waals surface area contributed by atoms with Crippen molar-refractivity contribution in [3.05, 3.63) is 52.7 Å². The van der Waals surface area contributed by atoms with E-state index < -0.39 is 15.1 Å². The molecule has 1 amide bonds. The van der Waals surface area contributed by atoms with Crippen LogP contribution in [0.1, 0.15) is 11.3 Å². The van der Waals surface area contributed by atoms with Crippen LogP contribution in [0.25, 0.3) is 0 Å². The normalized spacial score (nSPS) is 18.5. The highest BCUT2D eigenvalue weighted by atomic mass is 32.2. The lowest BCUT2D eigenvalue weighted by Gasteiger charge is -2.16. The Kier molecular flexibility index (Phi) is 4.31. The highest BCUT2D eigenvalue weighted by molar-refractivity contribution is 7.92. The number of carbonyl (C=O) groups is 1. The quantitative estimate of drug-likeness (QED) is 0.862. The van der Waals surface area contributed by atoms with E-state index in [1.807, 2.05) is 17.5 Å². The number of hydrogen-bond donors (Lipinski definition) is 0. The molecule has 1 aliphatic rings. The molecule has 1 atom stereocenters. The maximum absolute atomic E-state index is 12.6. The molecular weight excluding hydrogens is 318 g/mol. The van der Waals surface area contributed by atoms with Crippen molar-refractivity contribution in [2.75, 3.05) is 13.1 Å². The monoisotopic (exact) mass is 335 g/mol. The van der Waals surface area contributed by atoms with Crippen molar-refractivity contribution in [1.29, 1.82) is 0 Å². The number of sulfone groups is 1. The third-order valence-corrected chi connectivity index (χ3v) is 6.98. The number of carbonyl (C=O) groups excluding carboxylic acids is 1. The first kappa shape index (κ1) is 15.2. The van der Waals surface area contributed by atoms with E-state index in [0.717, 1.165) is 4.88 Å². The van der Waals surface area contributed by atoms with E-state index in [9.17, 15) is 13.2 Å². The van der Waals surface area contributed by atoms with Crippen molar-refractivity contribution in [2.45, 2.75) is 23.0 Å². The van der Waals surface area contributed by atoms with Gasteiger partial charge in [0.15, 0.2) is 9.84 Å². The molecule has 6 heteroatoms. The standard InChI is InChI=1S/C16H17NO3S2/c18-16(11-13-5-4-10-21-13)17-9-8-15(12-17)22(19,20)14-6-2-1-3-7-14/h1-7,10,15H,8-9,11-12H2/t15-/m1/s1. The van der Waals surface area contributed by atoms with Gasteiger partial charge in [0.25, 0.3) is 0 Å². The van der Waals surface area contributed by atoms with E-state index >= 15 is 0 Å². The maximum Gasteiger partial charge on any atom is 0.227 e. The number of rotatable bonds is 4. The van der Waals surface area contributed by atoms with Crippen LogP contribution in [-0.2, 0) is 21.1 Å². The Hall–Kier alpha value is -1.66. The molecule has 1 aromatic carbocycles. The number of thiophene rings is 1. The Balaban J connectivity index is 1.68. The Bertz CT molecular complexity index is 739. The topological polar surface area (TPSA) is 54.5 Å². The number of hydrogen-bond acceptors (Lipinski definition) is 4. The summed E-state index contributed by atoms with van der Waals surface area (Å²) in [6.07, 6.45) is 0.864. The average molecular weight is 335 g/mol. The zero-order chi connectivity index (χ0) is 15.6. The van der Waals surface area contributed by atoms with Gasteiger partial charge in [-0.3, -0.25) is 4.79 Å². The fraction of sp³-hybridized carbons (Fsp3) is 0.312. The molecular formula is C16H17NO3S2. The van der Waals surface area contributed by atoms with Crippen LogP contribution < -0.4 is 0 Å². The van der Waals surface area contributed by atoms with Gasteiger partial charge in [0.1, 0.15) is 0 Å². The van der Waals surface area contributed by atoms with Crippen LogP contribution in [0, 0.1) is 0 Å². The van der Waals surface area contributed by atoms with E-state index in [1.165, 1.54) is 0 Å². The van der Waals surface area contributed by atoms with E-state index in [-0.39, 0.29) is 5.91 Å². The molecule has 1 aromatic heterocycles. The summed E-state index contributed by atoms with van der Waals surface area (Å²) >= 11 is 1.55. The lowest BCUT2D eigenvalue weighted by atomic mass is 10.3. The average Bonchev–Trinajstić information content (AvgIpc) is 3.19. The van der Waals surface area contributed by atoms with Gasteiger partial charge in [0, 0.05) is 18.0 Å². The molecule has 0 saturated carbocycles. The third-order valence-electron chi connectivity index (χ3n) is 3.91. The zero-order valence-corrected chi connectivity index (χ0v) is 13.6. The summed E-state index contributed by atoms with van der Waals surface area (Å²) in [5, 5.41) is 1.44. The molecule has 1 saturated heterocycles. The summed E-state index contributed by atoms with van der Waals surface area (Å²) in [6.45, 7) is 0.808. The first-order chi connectivity index (χ1) is 10.6. The summed E-state index contributed by atoms with van der Waals surface area (Å²) in [4.78, 5) is 15.3. The molecule has 0 spiro atoms. The number of likely N-dealkylation sites (tertiary alicyclic amines) is 1. The molecule has 3 rings (SSSR count). The highest BCUT2D eigenvalue weighted by Gasteiger charge is 2.35. The number of benzene rings is 1. The SMILES string of the molecule is O=C(Cc1cccs1)N1CC[C@@H](S(=O)(=O)c2ccccc2)C1. The summed E-state index contributed by atoms with van der Waals surface area (Å²) in [6, 6.07) is 12.3. The molecule has 2 aromatic rings. The second kappa shape index (κ2) is 6.22. The fourth-order valence-electron chi connectivity index (χ4n) is 2.68. The van der Waals surface area contributed by atoms with Crippen molar-refractivity contribution >= 4 is 27.1 Å². The van der Waals surface area contributed by atoms with Crippen LogP contribution in [-0.4, -0.2) is 37.6 Å². The Morgan fingerprint density at radius 1 is 1.18 bits per heavy atom. The van der Waals surface area contributed by atoms with Gasteiger partial charge >= 0.3 is 0 Å². The van der Waals surface area contributed by atoms with Crippen molar-refractivity contribution in [3.8, 4) is 0 Å². The molecule has 4 nitrogen and oxygen atoms in total. The van der Waals surface area contributed by atoms with Crippen LogP contribution in [0.4, 0.5) is 0 Å². The van der Waals surface area contributed by atoms with E-state index in [1.54, 1.807) is 46.6 Å². The molecule has 1 aliphatic heterocycles. The Morgan fingerprint density at radius 2 is 1.95 bits per heavy atom. The second-order valence-electron chi connectivity index (χ2n) is 5.36.